The maximum absolute atomic E-state index is 13.4. The number of carbonyl (C=O) groups excluding carboxylic acids is 4. The van der Waals surface area contributed by atoms with Gasteiger partial charge in [0.25, 0.3) is 0 Å². The zero-order valence-electron chi connectivity index (χ0n) is 24.6. The molecule has 0 radical (unpaired) electrons. The fraction of sp³-hybridized carbons (Fsp3) is 0.412. The van der Waals surface area contributed by atoms with E-state index in [9.17, 15) is 24.3 Å². The average molecular weight is 591 g/mol. The Bertz CT molecular complexity index is 1220. The lowest BCUT2D eigenvalue weighted by molar-refractivity contribution is -0.157. The molecule has 1 aliphatic heterocycles. The van der Waals surface area contributed by atoms with Crippen LogP contribution in [0, 0.1) is 11.8 Å². The van der Waals surface area contributed by atoms with Gasteiger partial charge in [-0.2, -0.15) is 0 Å². The minimum absolute atomic E-state index is 0.0286. The van der Waals surface area contributed by atoms with Crippen LogP contribution in [0.4, 0.5) is 0 Å². The molecule has 230 valence electrons. The Labute approximate surface area is 253 Å². The van der Waals surface area contributed by atoms with Gasteiger partial charge in [0, 0.05) is 13.0 Å². The third-order valence-electron chi connectivity index (χ3n) is 7.48. The van der Waals surface area contributed by atoms with Crippen LogP contribution in [-0.2, 0) is 41.7 Å². The van der Waals surface area contributed by atoms with Gasteiger partial charge in [0.2, 0.25) is 11.8 Å². The number of rotatable bonds is 17. The van der Waals surface area contributed by atoms with Gasteiger partial charge in [-0.25, -0.2) is 4.79 Å². The predicted molar refractivity (Wildman–Crippen MR) is 162 cm³/mol. The van der Waals surface area contributed by atoms with Crippen molar-refractivity contribution in [3.8, 4) is 0 Å². The Morgan fingerprint density at radius 2 is 1.53 bits per heavy atom. The zero-order valence-corrected chi connectivity index (χ0v) is 24.6. The van der Waals surface area contributed by atoms with Crippen molar-refractivity contribution in [1.29, 1.82) is 0 Å². The maximum atomic E-state index is 13.4. The second-order valence-electron chi connectivity index (χ2n) is 10.7. The van der Waals surface area contributed by atoms with Gasteiger partial charge in [0.1, 0.15) is 13.2 Å². The third-order valence-corrected chi connectivity index (χ3v) is 7.48. The maximum Gasteiger partial charge on any atom is 0.332 e. The molecule has 3 rings (SSSR count). The van der Waals surface area contributed by atoms with E-state index in [0.717, 1.165) is 17.5 Å². The second kappa shape index (κ2) is 17.7. The number of likely N-dealkylation sites (tertiary alicyclic amines) is 1. The van der Waals surface area contributed by atoms with Crippen LogP contribution in [-0.4, -0.2) is 65.6 Å². The van der Waals surface area contributed by atoms with Crippen molar-refractivity contribution < 1.29 is 33.8 Å². The van der Waals surface area contributed by atoms with Gasteiger partial charge < -0.3 is 24.8 Å². The molecular formula is C34H42N2O7. The van der Waals surface area contributed by atoms with Gasteiger partial charge in [0.05, 0.1) is 24.5 Å². The highest BCUT2D eigenvalue weighted by Gasteiger charge is 2.33. The molecule has 2 aromatic carbocycles. The van der Waals surface area contributed by atoms with Gasteiger partial charge in [-0.3, -0.25) is 14.4 Å². The number of esters is 2. The molecule has 9 heteroatoms. The molecule has 1 fully saturated rings. The van der Waals surface area contributed by atoms with E-state index in [1.807, 2.05) is 48.5 Å². The van der Waals surface area contributed by atoms with Gasteiger partial charge in [-0.15, -0.1) is 13.2 Å². The number of amides is 2. The van der Waals surface area contributed by atoms with E-state index < -0.39 is 42.3 Å². The molecule has 9 nitrogen and oxygen atoms in total. The lowest BCUT2D eigenvalue weighted by Gasteiger charge is -2.26. The summed E-state index contributed by atoms with van der Waals surface area (Å²) in [6.07, 6.45) is 5.55. The molecule has 0 saturated carbocycles. The topological polar surface area (TPSA) is 122 Å². The number of hydrogen-bond donors (Lipinski definition) is 2. The smallest absolute Gasteiger partial charge is 0.332 e. The number of aliphatic hydroxyl groups excluding tert-OH is 1. The van der Waals surface area contributed by atoms with Crippen LogP contribution in [0.5, 0.6) is 0 Å². The molecule has 0 spiro atoms. The van der Waals surface area contributed by atoms with Crippen LogP contribution in [0.2, 0.25) is 0 Å². The van der Waals surface area contributed by atoms with E-state index in [-0.39, 0.29) is 38.0 Å². The van der Waals surface area contributed by atoms with Gasteiger partial charge in [-0.05, 0) is 43.2 Å². The summed E-state index contributed by atoms with van der Waals surface area (Å²) in [6.45, 7) is 7.38. The summed E-state index contributed by atoms with van der Waals surface area (Å²) in [6, 6.07) is 17.0. The normalized spacial score (nSPS) is 16.4. The van der Waals surface area contributed by atoms with E-state index in [4.69, 9.17) is 9.47 Å². The summed E-state index contributed by atoms with van der Waals surface area (Å²) in [5.74, 6) is -3.43. The van der Waals surface area contributed by atoms with Crippen LogP contribution >= 0.6 is 0 Å². The first-order chi connectivity index (χ1) is 20.9. The molecule has 0 bridgehead atoms. The molecule has 2 aromatic rings. The molecule has 0 aliphatic carbocycles. The summed E-state index contributed by atoms with van der Waals surface area (Å²) in [4.78, 5) is 54.3. The molecule has 1 saturated heterocycles. The average Bonchev–Trinajstić information content (AvgIpc) is 3.51. The molecule has 0 unspecified atom stereocenters. The van der Waals surface area contributed by atoms with E-state index in [2.05, 4.69) is 18.5 Å². The van der Waals surface area contributed by atoms with Crippen molar-refractivity contribution in [3.63, 3.8) is 0 Å². The molecule has 1 aliphatic rings. The van der Waals surface area contributed by atoms with Crippen LogP contribution in [0.25, 0.3) is 0 Å². The number of ether oxygens (including phenoxy) is 2. The van der Waals surface area contributed by atoms with Crippen molar-refractivity contribution >= 4 is 23.8 Å². The van der Waals surface area contributed by atoms with Crippen LogP contribution in [0.15, 0.2) is 86.0 Å². The summed E-state index contributed by atoms with van der Waals surface area (Å²) in [5, 5.41) is 12.3. The SMILES string of the molecule is C=CC[C@@H](CC(=O)N1CCC[C@H]1CO)C(=O)N[C@H](COC(=O)[C@@H](CC=C)Cc1ccccc1)C(=O)OCc1ccccc1. The first-order valence-electron chi connectivity index (χ1n) is 14.7. The first kappa shape index (κ1) is 33.3. The van der Waals surface area contributed by atoms with Crippen molar-refractivity contribution in [2.24, 2.45) is 11.8 Å². The fourth-order valence-corrected chi connectivity index (χ4v) is 5.10. The van der Waals surface area contributed by atoms with E-state index >= 15 is 0 Å². The minimum Gasteiger partial charge on any atom is -0.463 e. The summed E-state index contributed by atoms with van der Waals surface area (Å²) >= 11 is 0. The molecule has 4 atom stereocenters. The largest absolute Gasteiger partial charge is 0.463 e. The number of aliphatic hydroxyl groups is 1. The Hall–Kier alpha value is -4.24. The Balaban J connectivity index is 1.70. The molecular weight excluding hydrogens is 548 g/mol. The Morgan fingerprint density at radius 3 is 2.16 bits per heavy atom. The van der Waals surface area contributed by atoms with Crippen molar-refractivity contribution in [1.82, 2.24) is 10.2 Å². The number of benzene rings is 2. The highest BCUT2D eigenvalue weighted by atomic mass is 16.6. The molecule has 43 heavy (non-hydrogen) atoms. The van der Waals surface area contributed by atoms with Crippen LogP contribution in [0.3, 0.4) is 0 Å². The predicted octanol–water partition coefficient (Wildman–Crippen LogP) is 3.76. The number of nitrogens with one attached hydrogen (secondary N) is 1. The zero-order chi connectivity index (χ0) is 31.0. The first-order valence-corrected chi connectivity index (χ1v) is 14.7. The fourth-order valence-electron chi connectivity index (χ4n) is 5.10. The number of allylic oxidation sites excluding steroid dienone is 2. The van der Waals surface area contributed by atoms with Gasteiger partial charge >= 0.3 is 11.9 Å². The van der Waals surface area contributed by atoms with Crippen LogP contribution in [0.1, 0.15) is 43.2 Å². The number of nitrogens with zero attached hydrogens (tertiary/aromatic N) is 1. The Morgan fingerprint density at radius 1 is 0.907 bits per heavy atom. The summed E-state index contributed by atoms with van der Waals surface area (Å²) < 4.78 is 11.0. The molecule has 0 aromatic heterocycles. The number of hydrogen-bond acceptors (Lipinski definition) is 7. The minimum atomic E-state index is -1.29. The molecule has 1 heterocycles. The van der Waals surface area contributed by atoms with Crippen molar-refractivity contribution in [2.75, 3.05) is 19.8 Å². The highest BCUT2D eigenvalue weighted by molar-refractivity contribution is 5.89. The summed E-state index contributed by atoms with van der Waals surface area (Å²) in [5.41, 5.74) is 1.71. The quantitative estimate of drug-likeness (QED) is 0.213. The van der Waals surface area contributed by atoms with Crippen molar-refractivity contribution in [2.45, 2.75) is 57.2 Å². The highest BCUT2D eigenvalue weighted by Crippen LogP contribution is 2.21. The summed E-state index contributed by atoms with van der Waals surface area (Å²) in [7, 11) is 0. The molecule has 2 amide bonds. The lowest BCUT2D eigenvalue weighted by Crippen LogP contribution is -2.48. The molecule has 2 N–H and O–H groups in total. The van der Waals surface area contributed by atoms with E-state index in [0.29, 0.717) is 25.8 Å². The van der Waals surface area contributed by atoms with E-state index in [1.165, 1.54) is 6.08 Å². The lowest BCUT2D eigenvalue weighted by atomic mass is 9.96. The van der Waals surface area contributed by atoms with Crippen molar-refractivity contribution in [3.05, 3.63) is 97.1 Å². The van der Waals surface area contributed by atoms with Crippen LogP contribution < -0.4 is 5.32 Å². The van der Waals surface area contributed by atoms with Gasteiger partial charge in [0.15, 0.2) is 6.04 Å². The monoisotopic (exact) mass is 590 g/mol. The van der Waals surface area contributed by atoms with Gasteiger partial charge in [-0.1, -0.05) is 72.8 Å². The third kappa shape index (κ3) is 10.5. The van der Waals surface area contributed by atoms with E-state index in [1.54, 1.807) is 23.1 Å². The second-order valence-corrected chi connectivity index (χ2v) is 10.7. The Kier molecular flexibility index (Phi) is 13.7. The standard InChI is InChI=1S/C34H42N2O7/c1-3-12-27(21-31(38)36-19-11-18-29(36)22-37)32(39)35-30(34(41)42-23-26-16-9-6-10-17-26)24-43-33(40)28(13-4-2)20-25-14-7-5-8-15-25/h3-10,14-17,27-30,37H,1-2,11-13,18-24H2,(H,35,39)/t27-,28-,29-,30+/m0/s1. The number of carbonyl (C=O) groups is 4.